The number of halogens is 4. The Kier molecular flexibility index (Phi) is 5.99. The molecule has 0 spiro atoms. The summed E-state index contributed by atoms with van der Waals surface area (Å²) in [6.45, 7) is 0. The van der Waals surface area contributed by atoms with Gasteiger partial charge in [-0.25, -0.2) is 8.78 Å². The Hall–Kier alpha value is -0.420. The highest BCUT2D eigenvalue weighted by molar-refractivity contribution is 6.31. The molecule has 1 aliphatic rings. The number of aliphatic hydroxyl groups is 1. The second-order valence-electron chi connectivity index (χ2n) is 4.82. The molecule has 0 amide bonds. The summed E-state index contributed by atoms with van der Waals surface area (Å²) in [5.74, 6) is -1.35. The summed E-state index contributed by atoms with van der Waals surface area (Å²) in [6.07, 6.45) is 2.91. The summed E-state index contributed by atoms with van der Waals surface area (Å²) in [5, 5.41) is 9.80. The van der Waals surface area contributed by atoms with Gasteiger partial charge in [0.1, 0.15) is 11.6 Å². The van der Waals surface area contributed by atoms with Gasteiger partial charge in [-0.15, -0.1) is 12.4 Å². The zero-order valence-corrected chi connectivity index (χ0v) is 11.9. The third-order valence-electron chi connectivity index (χ3n) is 3.66. The SMILES string of the molecule is Cl.N[C@H](c1c(F)ccc(F)c1Cl)[C@@H](O)C1CCCC1. The maximum absolute atomic E-state index is 13.7. The molecule has 19 heavy (non-hydrogen) atoms. The quantitative estimate of drug-likeness (QED) is 0.838. The molecule has 0 heterocycles. The first-order valence-corrected chi connectivity index (χ1v) is 6.47. The molecule has 3 N–H and O–H groups in total. The average Bonchev–Trinajstić information content (AvgIpc) is 2.87. The van der Waals surface area contributed by atoms with Crippen molar-refractivity contribution in [3.63, 3.8) is 0 Å². The van der Waals surface area contributed by atoms with Crippen LogP contribution in [0.3, 0.4) is 0 Å². The van der Waals surface area contributed by atoms with E-state index in [4.69, 9.17) is 17.3 Å². The Bertz CT molecular complexity index is 439. The predicted octanol–water partition coefficient (Wildman–Crippen LogP) is 3.59. The van der Waals surface area contributed by atoms with E-state index in [0.29, 0.717) is 0 Å². The van der Waals surface area contributed by atoms with Gasteiger partial charge in [-0.3, -0.25) is 0 Å². The predicted molar refractivity (Wildman–Crippen MR) is 73.5 cm³/mol. The van der Waals surface area contributed by atoms with Gasteiger partial charge >= 0.3 is 0 Å². The Morgan fingerprint density at radius 2 is 1.74 bits per heavy atom. The number of nitrogens with two attached hydrogens (primary N) is 1. The Balaban J connectivity index is 0.00000180. The van der Waals surface area contributed by atoms with Crippen LogP contribution in [0, 0.1) is 17.6 Å². The molecule has 2 rings (SSSR count). The molecule has 0 unspecified atom stereocenters. The third kappa shape index (κ3) is 3.37. The van der Waals surface area contributed by atoms with E-state index in [1.165, 1.54) is 0 Å². The van der Waals surface area contributed by atoms with Crippen LogP contribution >= 0.6 is 24.0 Å². The molecule has 0 aliphatic heterocycles. The average molecular weight is 312 g/mol. The first kappa shape index (κ1) is 16.6. The first-order chi connectivity index (χ1) is 8.52. The van der Waals surface area contributed by atoms with E-state index < -0.39 is 23.8 Å². The molecular formula is C13H17Cl2F2NO. The Morgan fingerprint density at radius 3 is 2.32 bits per heavy atom. The molecule has 0 saturated heterocycles. The Morgan fingerprint density at radius 1 is 1.21 bits per heavy atom. The minimum Gasteiger partial charge on any atom is -0.391 e. The van der Waals surface area contributed by atoms with Crippen molar-refractivity contribution in [2.45, 2.75) is 37.8 Å². The molecule has 1 aliphatic carbocycles. The summed E-state index contributed by atoms with van der Waals surface area (Å²) in [4.78, 5) is 0. The molecule has 1 saturated carbocycles. The van der Waals surface area contributed by atoms with Gasteiger partial charge in [-0.05, 0) is 30.9 Å². The van der Waals surface area contributed by atoms with Gasteiger partial charge in [0, 0.05) is 5.56 Å². The van der Waals surface area contributed by atoms with Crippen LogP contribution in [-0.4, -0.2) is 11.2 Å². The van der Waals surface area contributed by atoms with Crippen LogP contribution < -0.4 is 5.73 Å². The van der Waals surface area contributed by atoms with Crippen molar-refractivity contribution in [1.82, 2.24) is 0 Å². The fraction of sp³-hybridized carbons (Fsp3) is 0.538. The van der Waals surface area contributed by atoms with E-state index in [9.17, 15) is 13.9 Å². The second kappa shape index (κ2) is 6.84. The van der Waals surface area contributed by atoms with E-state index in [-0.39, 0.29) is 28.9 Å². The van der Waals surface area contributed by atoms with Crippen LogP contribution in [0.2, 0.25) is 5.02 Å². The smallest absolute Gasteiger partial charge is 0.142 e. The zero-order valence-electron chi connectivity index (χ0n) is 10.3. The maximum Gasteiger partial charge on any atom is 0.142 e. The lowest BCUT2D eigenvalue weighted by Gasteiger charge is -2.25. The summed E-state index contributed by atoms with van der Waals surface area (Å²) in [7, 11) is 0. The monoisotopic (exact) mass is 311 g/mol. The van der Waals surface area contributed by atoms with Crippen LogP contribution in [-0.2, 0) is 0 Å². The van der Waals surface area contributed by atoms with Gasteiger partial charge in [-0.2, -0.15) is 0 Å². The summed E-state index contributed by atoms with van der Waals surface area (Å²) in [5.41, 5.74) is 5.72. The number of hydrogen-bond acceptors (Lipinski definition) is 2. The van der Waals surface area contributed by atoms with E-state index in [1.54, 1.807) is 0 Å². The first-order valence-electron chi connectivity index (χ1n) is 6.09. The molecule has 0 bridgehead atoms. The van der Waals surface area contributed by atoms with Crippen molar-refractivity contribution in [2.75, 3.05) is 0 Å². The maximum atomic E-state index is 13.7. The summed E-state index contributed by atoms with van der Waals surface area (Å²) >= 11 is 5.74. The van der Waals surface area contributed by atoms with Gasteiger partial charge in [-0.1, -0.05) is 24.4 Å². The van der Waals surface area contributed by atoms with E-state index in [2.05, 4.69) is 0 Å². The van der Waals surface area contributed by atoms with Gasteiger partial charge in [0.25, 0.3) is 0 Å². The van der Waals surface area contributed by atoms with Crippen molar-refractivity contribution in [2.24, 2.45) is 11.7 Å². The molecule has 6 heteroatoms. The van der Waals surface area contributed by atoms with Crippen molar-refractivity contribution < 1.29 is 13.9 Å². The number of hydrogen-bond donors (Lipinski definition) is 2. The van der Waals surface area contributed by atoms with Gasteiger partial charge in [0.15, 0.2) is 0 Å². The zero-order chi connectivity index (χ0) is 13.3. The number of rotatable bonds is 3. The third-order valence-corrected chi connectivity index (χ3v) is 4.05. The largest absolute Gasteiger partial charge is 0.391 e. The number of aliphatic hydroxyl groups excluding tert-OH is 1. The fourth-order valence-corrected chi connectivity index (χ4v) is 2.89. The van der Waals surface area contributed by atoms with Crippen LogP contribution in [0.25, 0.3) is 0 Å². The molecule has 1 aromatic rings. The van der Waals surface area contributed by atoms with Crippen molar-refractivity contribution >= 4 is 24.0 Å². The minimum absolute atomic E-state index is 0. The van der Waals surface area contributed by atoms with Gasteiger partial charge < -0.3 is 10.8 Å². The van der Waals surface area contributed by atoms with Crippen LogP contribution in [0.15, 0.2) is 12.1 Å². The number of benzene rings is 1. The molecular weight excluding hydrogens is 295 g/mol. The van der Waals surface area contributed by atoms with E-state index in [1.807, 2.05) is 0 Å². The molecule has 2 atom stereocenters. The fourth-order valence-electron chi connectivity index (χ4n) is 2.61. The normalized spacial score (nSPS) is 19.0. The van der Waals surface area contributed by atoms with Crippen molar-refractivity contribution in [1.29, 1.82) is 0 Å². The Labute approximate surface area is 122 Å². The van der Waals surface area contributed by atoms with Gasteiger partial charge in [0.2, 0.25) is 0 Å². The van der Waals surface area contributed by atoms with Crippen LogP contribution in [0.1, 0.15) is 37.3 Å². The highest BCUT2D eigenvalue weighted by atomic mass is 35.5. The summed E-state index contributed by atoms with van der Waals surface area (Å²) < 4.78 is 27.0. The van der Waals surface area contributed by atoms with Crippen LogP contribution in [0.5, 0.6) is 0 Å². The van der Waals surface area contributed by atoms with E-state index >= 15 is 0 Å². The lowest BCUT2D eigenvalue weighted by atomic mass is 9.90. The van der Waals surface area contributed by atoms with Crippen molar-refractivity contribution in [3.8, 4) is 0 Å². The lowest BCUT2D eigenvalue weighted by molar-refractivity contribution is 0.0832. The molecule has 2 nitrogen and oxygen atoms in total. The lowest BCUT2D eigenvalue weighted by Crippen LogP contribution is -2.33. The highest BCUT2D eigenvalue weighted by Gasteiger charge is 2.31. The standard InChI is InChI=1S/C13H16ClF2NO.ClH/c14-11-9(16)6-5-8(15)10(11)12(17)13(18)7-3-1-2-4-7;/h5-7,12-13,18H,1-4,17H2;1H/t12-,13+;/m1./s1. The topological polar surface area (TPSA) is 46.2 Å². The van der Waals surface area contributed by atoms with Crippen LogP contribution in [0.4, 0.5) is 8.78 Å². The second-order valence-corrected chi connectivity index (χ2v) is 5.20. The van der Waals surface area contributed by atoms with Crippen molar-refractivity contribution in [3.05, 3.63) is 34.4 Å². The molecule has 0 aromatic heterocycles. The minimum atomic E-state index is -0.990. The molecule has 1 aromatic carbocycles. The van der Waals surface area contributed by atoms with E-state index in [0.717, 1.165) is 37.8 Å². The summed E-state index contributed by atoms with van der Waals surface area (Å²) in [6, 6.07) is 0.949. The highest BCUT2D eigenvalue weighted by Crippen LogP contribution is 2.36. The molecule has 108 valence electrons. The van der Waals surface area contributed by atoms with Gasteiger partial charge in [0.05, 0.1) is 17.2 Å². The molecule has 1 fully saturated rings. The molecule has 0 radical (unpaired) electrons.